The van der Waals surface area contributed by atoms with Gasteiger partial charge in [-0.05, 0) is 51.9 Å². The van der Waals surface area contributed by atoms with E-state index in [9.17, 15) is 19.2 Å². The summed E-state index contributed by atoms with van der Waals surface area (Å²) >= 11 is 1.40. The number of methoxy groups -OCH3 is 1. The molecule has 3 unspecified atom stereocenters. The Labute approximate surface area is 216 Å². The molecule has 1 aromatic rings. The predicted octanol–water partition coefficient (Wildman–Crippen LogP) is 3.00. The Morgan fingerprint density at radius 2 is 1.75 bits per heavy atom. The summed E-state index contributed by atoms with van der Waals surface area (Å²) in [6.07, 6.45) is 1.83. The van der Waals surface area contributed by atoms with E-state index in [0.717, 1.165) is 5.56 Å². The van der Waals surface area contributed by atoms with E-state index in [0.29, 0.717) is 18.6 Å². The summed E-state index contributed by atoms with van der Waals surface area (Å²) in [6.45, 7) is 5.39. The summed E-state index contributed by atoms with van der Waals surface area (Å²) in [6, 6.07) is 7.57. The standard InChI is InChI=1S/C25H37N3O7S/c1-25(2,3)35-24(32)26-17-11-12-19(18(13-17)22(30)33-4)27-21(29)20(15-36-5)28-23(31)34-14-16-9-7-6-8-10-16/h6-10,17-20H,11-15H2,1-5H3,(H,26,32)(H,27,29)(H,28,31)/t17?,18?,19?,20-/m0/s1. The Balaban J connectivity index is 1.96. The molecule has 0 bridgehead atoms. The molecule has 3 amide bonds. The lowest BCUT2D eigenvalue weighted by Gasteiger charge is -2.36. The van der Waals surface area contributed by atoms with Gasteiger partial charge in [-0.15, -0.1) is 0 Å². The van der Waals surface area contributed by atoms with Crippen LogP contribution >= 0.6 is 11.8 Å². The third-order valence-corrected chi connectivity index (χ3v) is 6.22. The normalized spacial score (nSPS) is 20.4. The molecule has 0 spiro atoms. The number of carbonyl (C=O) groups is 4. The van der Waals surface area contributed by atoms with E-state index >= 15 is 0 Å². The van der Waals surface area contributed by atoms with Crippen molar-refractivity contribution in [3.8, 4) is 0 Å². The van der Waals surface area contributed by atoms with Crippen molar-refractivity contribution in [3.05, 3.63) is 35.9 Å². The minimum absolute atomic E-state index is 0.0827. The van der Waals surface area contributed by atoms with E-state index in [4.69, 9.17) is 14.2 Å². The maximum absolute atomic E-state index is 13.0. The highest BCUT2D eigenvalue weighted by Gasteiger charge is 2.39. The van der Waals surface area contributed by atoms with Crippen molar-refractivity contribution in [1.29, 1.82) is 0 Å². The van der Waals surface area contributed by atoms with E-state index in [1.54, 1.807) is 20.8 Å². The highest BCUT2D eigenvalue weighted by atomic mass is 32.2. The van der Waals surface area contributed by atoms with Crippen LogP contribution in [0.15, 0.2) is 30.3 Å². The van der Waals surface area contributed by atoms with Crippen LogP contribution in [0.2, 0.25) is 0 Å². The maximum Gasteiger partial charge on any atom is 0.408 e. The lowest BCUT2D eigenvalue weighted by Crippen LogP contribution is -2.56. The van der Waals surface area contributed by atoms with Crippen LogP contribution < -0.4 is 16.0 Å². The summed E-state index contributed by atoms with van der Waals surface area (Å²) in [5.41, 5.74) is 0.189. The van der Waals surface area contributed by atoms with Gasteiger partial charge in [-0.1, -0.05) is 30.3 Å². The van der Waals surface area contributed by atoms with E-state index in [2.05, 4.69) is 16.0 Å². The molecule has 1 fully saturated rings. The monoisotopic (exact) mass is 523 g/mol. The zero-order valence-corrected chi connectivity index (χ0v) is 22.3. The third-order valence-electron chi connectivity index (χ3n) is 5.56. The molecule has 1 saturated carbocycles. The highest BCUT2D eigenvalue weighted by Crippen LogP contribution is 2.27. The molecule has 36 heavy (non-hydrogen) atoms. The molecule has 0 radical (unpaired) electrons. The first-order valence-electron chi connectivity index (χ1n) is 11.9. The first-order valence-corrected chi connectivity index (χ1v) is 13.3. The van der Waals surface area contributed by atoms with Crippen LogP contribution in [0, 0.1) is 5.92 Å². The number of rotatable bonds is 9. The van der Waals surface area contributed by atoms with E-state index in [-0.39, 0.29) is 19.1 Å². The van der Waals surface area contributed by atoms with E-state index < -0.39 is 47.7 Å². The quantitative estimate of drug-likeness (QED) is 0.332. The molecule has 1 aromatic carbocycles. The minimum Gasteiger partial charge on any atom is -0.469 e. The number of hydrogen-bond acceptors (Lipinski definition) is 8. The summed E-state index contributed by atoms with van der Waals surface area (Å²) in [5, 5.41) is 8.30. The zero-order chi connectivity index (χ0) is 26.7. The molecule has 0 aromatic heterocycles. The molecule has 0 saturated heterocycles. The molecule has 0 heterocycles. The molecule has 200 valence electrons. The summed E-state index contributed by atoms with van der Waals surface area (Å²) in [7, 11) is 1.28. The second-order valence-corrected chi connectivity index (χ2v) is 10.5. The first-order chi connectivity index (χ1) is 17.0. The molecule has 11 heteroatoms. The minimum atomic E-state index is -0.848. The van der Waals surface area contributed by atoms with Crippen molar-refractivity contribution >= 4 is 35.8 Å². The molecule has 2 rings (SSSR count). The van der Waals surface area contributed by atoms with Crippen LogP contribution in [-0.2, 0) is 30.4 Å². The van der Waals surface area contributed by atoms with Crippen LogP contribution in [0.4, 0.5) is 9.59 Å². The first kappa shape index (κ1) is 29.3. The van der Waals surface area contributed by atoms with Gasteiger partial charge in [0.1, 0.15) is 18.2 Å². The molecular weight excluding hydrogens is 486 g/mol. The van der Waals surface area contributed by atoms with Crippen LogP contribution in [0.3, 0.4) is 0 Å². The Morgan fingerprint density at radius 1 is 1.06 bits per heavy atom. The van der Waals surface area contributed by atoms with Gasteiger partial charge >= 0.3 is 18.2 Å². The average molecular weight is 524 g/mol. The largest absolute Gasteiger partial charge is 0.469 e. The van der Waals surface area contributed by atoms with Crippen LogP contribution in [0.25, 0.3) is 0 Å². The lowest BCUT2D eigenvalue weighted by atomic mass is 9.81. The van der Waals surface area contributed by atoms with Crippen molar-refractivity contribution in [2.24, 2.45) is 5.92 Å². The van der Waals surface area contributed by atoms with Gasteiger partial charge in [0.2, 0.25) is 5.91 Å². The molecule has 0 aliphatic heterocycles. The smallest absolute Gasteiger partial charge is 0.408 e. The van der Waals surface area contributed by atoms with Crippen molar-refractivity contribution < 1.29 is 33.4 Å². The van der Waals surface area contributed by atoms with Gasteiger partial charge in [0, 0.05) is 17.8 Å². The van der Waals surface area contributed by atoms with Gasteiger partial charge in [-0.3, -0.25) is 9.59 Å². The molecule has 3 N–H and O–H groups in total. The van der Waals surface area contributed by atoms with Crippen molar-refractivity contribution in [2.75, 3.05) is 19.1 Å². The number of carbonyl (C=O) groups excluding carboxylic acids is 4. The zero-order valence-electron chi connectivity index (χ0n) is 21.5. The van der Waals surface area contributed by atoms with E-state index in [1.807, 2.05) is 36.6 Å². The summed E-state index contributed by atoms with van der Waals surface area (Å²) < 4.78 is 15.5. The average Bonchev–Trinajstić information content (AvgIpc) is 2.82. The molecule has 4 atom stereocenters. The summed E-state index contributed by atoms with van der Waals surface area (Å²) in [4.78, 5) is 50.0. The van der Waals surface area contributed by atoms with Gasteiger partial charge < -0.3 is 30.2 Å². The predicted molar refractivity (Wildman–Crippen MR) is 136 cm³/mol. The number of benzene rings is 1. The number of hydrogen-bond donors (Lipinski definition) is 3. The van der Waals surface area contributed by atoms with Gasteiger partial charge in [-0.2, -0.15) is 11.8 Å². The van der Waals surface area contributed by atoms with Crippen molar-refractivity contribution in [2.45, 2.75) is 70.4 Å². The third kappa shape index (κ3) is 9.96. The lowest BCUT2D eigenvalue weighted by molar-refractivity contribution is -0.148. The van der Waals surface area contributed by atoms with Gasteiger partial charge in [-0.25, -0.2) is 9.59 Å². The van der Waals surface area contributed by atoms with Crippen LogP contribution in [-0.4, -0.2) is 66.9 Å². The van der Waals surface area contributed by atoms with Crippen LogP contribution in [0.1, 0.15) is 45.6 Å². The van der Waals surface area contributed by atoms with Crippen LogP contribution in [0.5, 0.6) is 0 Å². The Kier molecular flexibility index (Phi) is 11.4. The van der Waals surface area contributed by atoms with Gasteiger partial charge in [0.05, 0.1) is 13.0 Å². The SMILES string of the molecule is COC(=O)C1CC(NC(=O)OC(C)(C)C)CCC1NC(=O)[C@H](CSC)NC(=O)OCc1ccccc1. The number of alkyl carbamates (subject to hydrolysis) is 2. The molecular formula is C25H37N3O7S. The Hall–Kier alpha value is -2.95. The van der Waals surface area contributed by atoms with Gasteiger partial charge in [0.25, 0.3) is 0 Å². The number of thioether (sulfide) groups is 1. The maximum atomic E-state index is 13.0. The summed E-state index contributed by atoms with van der Waals surface area (Å²) in [5.74, 6) is -1.23. The van der Waals surface area contributed by atoms with Gasteiger partial charge in [0.15, 0.2) is 0 Å². The topological polar surface area (TPSA) is 132 Å². The number of esters is 1. The fraction of sp³-hybridized carbons (Fsp3) is 0.600. The molecule has 10 nitrogen and oxygen atoms in total. The highest BCUT2D eigenvalue weighted by molar-refractivity contribution is 7.98. The Bertz CT molecular complexity index is 891. The number of nitrogens with one attached hydrogen (secondary N) is 3. The second-order valence-electron chi connectivity index (χ2n) is 9.61. The van der Waals surface area contributed by atoms with Crippen molar-refractivity contribution in [3.63, 3.8) is 0 Å². The number of amides is 3. The van der Waals surface area contributed by atoms with E-state index in [1.165, 1.54) is 18.9 Å². The van der Waals surface area contributed by atoms with Crippen molar-refractivity contribution in [1.82, 2.24) is 16.0 Å². The fourth-order valence-electron chi connectivity index (χ4n) is 3.90. The fourth-order valence-corrected chi connectivity index (χ4v) is 4.47. The Morgan fingerprint density at radius 3 is 2.36 bits per heavy atom. The second kappa shape index (κ2) is 14.0. The molecule has 1 aliphatic carbocycles. The molecule has 1 aliphatic rings. The number of ether oxygens (including phenoxy) is 3.